The summed E-state index contributed by atoms with van der Waals surface area (Å²) in [5.41, 5.74) is 0.327. The van der Waals surface area contributed by atoms with Crippen LogP contribution >= 0.6 is 0 Å². The van der Waals surface area contributed by atoms with E-state index >= 15 is 0 Å². The van der Waals surface area contributed by atoms with Crippen molar-refractivity contribution in [2.75, 3.05) is 6.61 Å². The molecular formula is C11H13NO6. The molecule has 7 heteroatoms. The van der Waals surface area contributed by atoms with Crippen molar-refractivity contribution in [1.29, 1.82) is 0 Å². The molecule has 7 nitrogen and oxygen atoms in total. The lowest BCUT2D eigenvalue weighted by Gasteiger charge is -2.13. The lowest BCUT2D eigenvalue weighted by Crippen LogP contribution is -2.32. The number of aliphatic hydroxyl groups excluding tert-OH is 3. The number of pyridine rings is 1. The molecule has 1 aliphatic rings. The van der Waals surface area contributed by atoms with Crippen molar-refractivity contribution in [3.05, 3.63) is 29.6 Å². The molecule has 2 heterocycles. The quantitative estimate of drug-likeness (QED) is 0.543. The molecule has 18 heavy (non-hydrogen) atoms. The summed E-state index contributed by atoms with van der Waals surface area (Å²) in [5, 5.41) is 37.0. The molecule has 2 rings (SSSR count). The Morgan fingerprint density at radius 2 is 2.06 bits per heavy atom. The van der Waals surface area contributed by atoms with Gasteiger partial charge in [0.15, 0.2) is 0 Å². The molecule has 1 aromatic heterocycles. The molecule has 1 aromatic rings. The maximum absolute atomic E-state index is 10.7. The van der Waals surface area contributed by atoms with Crippen LogP contribution in [0, 0.1) is 0 Å². The fraction of sp³-hybridized carbons (Fsp3) is 0.455. The van der Waals surface area contributed by atoms with Crippen LogP contribution in [0.2, 0.25) is 0 Å². The predicted octanol–water partition coefficient (Wildman–Crippen LogP) is -1.07. The van der Waals surface area contributed by atoms with Crippen LogP contribution in [0.1, 0.15) is 22.2 Å². The number of hydrogen-bond donors (Lipinski definition) is 4. The molecule has 0 aromatic carbocycles. The number of nitrogens with zero attached hydrogens (tertiary/aromatic N) is 1. The third kappa shape index (κ3) is 2.21. The molecule has 0 spiro atoms. The molecule has 0 aliphatic carbocycles. The number of carbonyl (C=O) groups is 1. The average Bonchev–Trinajstić information content (AvgIpc) is 2.66. The van der Waals surface area contributed by atoms with Crippen LogP contribution < -0.4 is 0 Å². The summed E-state index contributed by atoms with van der Waals surface area (Å²) in [4.78, 5) is 14.5. The van der Waals surface area contributed by atoms with Crippen LogP contribution in [0.3, 0.4) is 0 Å². The highest BCUT2D eigenvalue weighted by Crippen LogP contribution is 2.32. The Bertz CT molecular complexity index is 434. The number of rotatable bonds is 3. The highest BCUT2D eigenvalue weighted by atomic mass is 16.6. The first-order chi connectivity index (χ1) is 8.54. The van der Waals surface area contributed by atoms with Crippen molar-refractivity contribution < 1.29 is 30.0 Å². The summed E-state index contributed by atoms with van der Waals surface area (Å²) >= 11 is 0. The number of aromatic nitrogens is 1. The molecule has 4 N–H and O–H groups in total. The fourth-order valence-electron chi connectivity index (χ4n) is 1.84. The van der Waals surface area contributed by atoms with Crippen molar-refractivity contribution in [2.24, 2.45) is 0 Å². The SMILES string of the molecule is O=C(O)c1ccc([C@@H]2O[C@H](CO)[C@@H](O)[C@H]2O)nc1. The number of aliphatic hydroxyl groups is 3. The Hall–Kier alpha value is -1.54. The van der Waals surface area contributed by atoms with E-state index in [9.17, 15) is 15.0 Å². The summed E-state index contributed by atoms with van der Waals surface area (Å²) in [5.74, 6) is -1.10. The second-order valence-corrected chi connectivity index (χ2v) is 4.04. The highest BCUT2D eigenvalue weighted by molar-refractivity contribution is 5.87. The zero-order valence-electron chi connectivity index (χ0n) is 9.30. The van der Waals surface area contributed by atoms with Crippen LogP contribution in [0.5, 0.6) is 0 Å². The normalized spacial score (nSPS) is 31.5. The molecular weight excluding hydrogens is 242 g/mol. The largest absolute Gasteiger partial charge is 0.478 e. The smallest absolute Gasteiger partial charge is 0.337 e. The first kappa shape index (κ1) is 12.9. The molecule has 1 saturated heterocycles. The van der Waals surface area contributed by atoms with Crippen molar-refractivity contribution in [1.82, 2.24) is 4.98 Å². The van der Waals surface area contributed by atoms with Crippen molar-refractivity contribution >= 4 is 5.97 Å². The molecule has 1 fully saturated rings. The summed E-state index contributed by atoms with van der Waals surface area (Å²) in [6.07, 6.45) is -3.00. The Kier molecular flexibility index (Phi) is 3.58. The Labute approximate surface area is 102 Å². The molecule has 0 saturated carbocycles. The minimum absolute atomic E-state index is 0.0190. The van der Waals surface area contributed by atoms with Gasteiger partial charge in [0.1, 0.15) is 24.4 Å². The van der Waals surface area contributed by atoms with Gasteiger partial charge < -0.3 is 25.2 Å². The summed E-state index contributed by atoms with van der Waals surface area (Å²) in [7, 11) is 0. The first-order valence-electron chi connectivity index (χ1n) is 5.36. The Morgan fingerprint density at radius 1 is 1.33 bits per heavy atom. The van der Waals surface area contributed by atoms with Gasteiger partial charge >= 0.3 is 5.97 Å². The van der Waals surface area contributed by atoms with Gasteiger partial charge in [-0.1, -0.05) is 0 Å². The van der Waals surface area contributed by atoms with E-state index in [1.54, 1.807) is 0 Å². The predicted molar refractivity (Wildman–Crippen MR) is 57.9 cm³/mol. The number of carboxylic acids is 1. The van der Waals surface area contributed by atoms with E-state index in [0.717, 1.165) is 6.20 Å². The first-order valence-corrected chi connectivity index (χ1v) is 5.36. The number of hydrogen-bond acceptors (Lipinski definition) is 6. The number of carboxylic acid groups (broad SMARTS) is 1. The van der Waals surface area contributed by atoms with Crippen LogP contribution in [-0.4, -0.2) is 56.3 Å². The monoisotopic (exact) mass is 255 g/mol. The minimum Gasteiger partial charge on any atom is -0.478 e. The van der Waals surface area contributed by atoms with Crippen molar-refractivity contribution in [3.63, 3.8) is 0 Å². The molecule has 0 amide bonds. The van der Waals surface area contributed by atoms with E-state index in [2.05, 4.69) is 4.98 Å². The van der Waals surface area contributed by atoms with E-state index in [1.807, 2.05) is 0 Å². The van der Waals surface area contributed by atoms with Gasteiger partial charge in [-0.05, 0) is 12.1 Å². The van der Waals surface area contributed by atoms with Gasteiger partial charge in [0.2, 0.25) is 0 Å². The third-order valence-corrected chi connectivity index (χ3v) is 2.87. The summed E-state index contributed by atoms with van der Waals surface area (Å²) in [6, 6.07) is 2.74. The van der Waals surface area contributed by atoms with Gasteiger partial charge in [0.25, 0.3) is 0 Å². The maximum Gasteiger partial charge on any atom is 0.337 e. The molecule has 1 aliphatic heterocycles. The fourth-order valence-corrected chi connectivity index (χ4v) is 1.84. The van der Waals surface area contributed by atoms with Crippen molar-refractivity contribution in [2.45, 2.75) is 24.4 Å². The molecule has 98 valence electrons. The van der Waals surface area contributed by atoms with E-state index < -0.39 is 37.0 Å². The Balaban J connectivity index is 2.19. The van der Waals surface area contributed by atoms with Crippen LogP contribution in [-0.2, 0) is 4.74 Å². The molecule has 0 unspecified atom stereocenters. The van der Waals surface area contributed by atoms with Gasteiger partial charge in [0, 0.05) is 6.20 Å². The van der Waals surface area contributed by atoms with E-state index in [1.165, 1.54) is 12.1 Å². The standard InChI is InChI=1S/C11H13NO6/c13-4-7-8(14)9(15)10(18-7)6-2-1-5(3-12-6)11(16)17/h1-3,7-10,13-15H,4H2,(H,16,17)/t7-,8-,9-,10+/m1/s1. The van der Waals surface area contributed by atoms with E-state index in [-0.39, 0.29) is 5.56 Å². The van der Waals surface area contributed by atoms with E-state index in [4.69, 9.17) is 14.9 Å². The molecule has 0 radical (unpaired) electrons. The average molecular weight is 255 g/mol. The van der Waals surface area contributed by atoms with Crippen LogP contribution in [0.15, 0.2) is 18.3 Å². The van der Waals surface area contributed by atoms with Crippen molar-refractivity contribution in [3.8, 4) is 0 Å². The van der Waals surface area contributed by atoms with E-state index in [0.29, 0.717) is 5.69 Å². The molecule has 0 bridgehead atoms. The minimum atomic E-state index is -1.20. The summed E-state index contributed by atoms with van der Waals surface area (Å²) < 4.78 is 5.26. The maximum atomic E-state index is 10.7. The zero-order chi connectivity index (χ0) is 13.3. The second kappa shape index (κ2) is 4.99. The lowest BCUT2D eigenvalue weighted by atomic mass is 10.1. The van der Waals surface area contributed by atoms with Crippen LogP contribution in [0.4, 0.5) is 0 Å². The van der Waals surface area contributed by atoms with Gasteiger partial charge in [-0.25, -0.2) is 4.79 Å². The third-order valence-electron chi connectivity index (χ3n) is 2.87. The van der Waals surface area contributed by atoms with Gasteiger partial charge in [0.05, 0.1) is 17.9 Å². The van der Waals surface area contributed by atoms with Gasteiger partial charge in [-0.2, -0.15) is 0 Å². The summed E-state index contributed by atoms with van der Waals surface area (Å²) in [6.45, 7) is -0.415. The van der Waals surface area contributed by atoms with Gasteiger partial charge in [-0.15, -0.1) is 0 Å². The zero-order valence-corrected chi connectivity index (χ0v) is 9.30. The topological polar surface area (TPSA) is 120 Å². The number of ether oxygens (including phenoxy) is 1. The van der Waals surface area contributed by atoms with Crippen LogP contribution in [0.25, 0.3) is 0 Å². The van der Waals surface area contributed by atoms with Gasteiger partial charge in [-0.3, -0.25) is 4.98 Å². The second-order valence-electron chi connectivity index (χ2n) is 4.04. The lowest BCUT2D eigenvalue weighted by molar-refractivity contribution is -0.0239. The number of aromatic carboxylic acids is 1. The molecule has 4 atom stereocenters. The Morgan fingerprint density at radius 3 is 2.50 bits per heavy atom. The highest BCUT2D eigenvalue weighted by Gasteiger charge is 2.43.